The summed E-state index contributed by atoms with van der Waals surface area (Å²) in [6.45, 7) is 0. The van der Waals surface area contributed by atoms with Crippen LogP contribution in [-0.4, -0.2) is 11.4 Å². The van der Waals surface area contributed by atoms with Crippen LogP contribution in [0.2, 0.25) is 0 Å². The molecule has 2 nitrogen and oxygen atoms in total. The lowest BCUT2D eigenvalue weighted by atomic mass is 9.85. The first-order valence-electron chi connectivity index (χ1n) is 3.72. The molecule has 0 atom stereocenters. The number of phenolic OH excluding ortho intramolecular Hbond substituents is 1. The minimum absolute atomic E-state index is 0.0790. The summed E-state index contributed by atoms with van der Waals surface area (Å²) in [5.74, 6) is 0.0790. The minimum Gasteiger partial charge on any atom is -0.507 e. The highest BCUT2D eigenvalue weighted by Crippen LogP contribution is 2.37. The summed E-state index contributed by atoms with van der Waals surface area (Å²) in [5, 5.41) is 9.37. The Bertz CT molecular complexity index is 358. The molecule has 0 spiro atoms. The van der Waals surface area contributed by atoms with E-state index < -0.39 is 0 Å². The maximum Gasteiger partial charge on any atom is 0.154 e. The van der Waals surface area contributed by atoms with Crippen molar-refractivity contribution < 1.29 is 9.90 Å². The summed E-state index contributed by atoms with van der Waals surface area (Å²) in [7, 11) is 0. The second-order valence-electron chi connectivity index (χ2n) is 2.87. The minimum atomic E-state index is 0.0790. The topological polar surface area (TPSA) is 37.3 Å². The summed E-state index contributed by atoms with van der Waals surface area (Å²) in [4.78, 5) is 10.6. The van der Waals surface area contributed by atoms with Gasteiger partial charge in [-0.25, -0.2) is 0 Å². The smallest absolute Gasteiger partial charge is 0.154 e. The van der Waals surface area contributed by atoms with Crippen molar-refractivity contribution in [3.8, 4) is 5.75 Å². The van der Waals surface area contributed by atoms with Gasteiger partial charge < -0.3 is 5.11 Å². The third kappa shape index (κ3) is 0.894. The van der Waals surface area contributed by atoms with Crippen LogP contribution in [0.4, 0.5) is 0 Å². The van der Waals surface area contributed by atoms with Gasteiger partial charge in [-0.3, -0.25) is 4.79 Å². The van der Waals surface area contributed by atoms with E-state index in [9.17, 15) is 9.90 Å². The Morgan fingerprint density at radius 3 is 2.58 bits per heavy atom. The van der Waals surface area contributed by atoms with Crippen LogP contribution in [0.15, 0.2) is 10.5 Å². The summed E-state index contributed by atoms with van der Waals surface area (Å²) in [6, 6.07) is 1.59. The molecule has 0 radical (unpaired) electrons. The van der Waals surface area contributed by atoms with Crippen LogP contribution in [0.5, 0.6) is 5.75 Å². The number of rotatable bonds is 1. The fourth-order valence-electron chi connectivity index (χ4n) is 1.51. The number of hydrogen-bond donors (Lipinski definition) is 1. The third-order valence-electron chi connectivity index (χ3n) is 2.26. The Balaban J connectivity index is 2.71. The van der Waals surface area contributed by atoms with E-state index in [4.69, 9.17) is 0 Å². The van der Waals surface area contributed by atoms with E-state index in [2.05, 4.69) is 15.9 Å². The number of fused-ring (bicyclic) bond motifs is 1. The Morgan fingerprint density at radius 2 is 2.08 bits per heavy atom. The molecule has 12 heavy (non-hydrogen) atoms. The van der Waals surface area contributed by atoms with Gasteiger partial charge in [0.25, 0.3) is 0 Å². The number of halogens is 1. The van der Waals surface area contributed by atoms with E-state index in [1.165, 1.54) is 0 Å². The number of carbonyl (C=O) groups excluding carboxylic acids is 1. The predicted octanol–water partition coefficient (Wildman–Crippen LogP) is 2.07. The van der Waals surface area contributed by atoms with Crippen molar-refractivity contribution in [2.75, 3.05) is 0 Å². The molecule has 0 aromatic heterocycles. The van der Waals surface area contributed by atoms with Gasteiger partial charge in [-0.1, -0.05) is 15.9 Å². The highest BCUT2D eigenvalue weighted by atomic mass is 79.9. The highest BCUT2D eigenvalue weighted by Gasteiger charge is 2.22. The molecule has 1 aliphatic carbocycles. The first kappa shape index (κ1) is 7.80. The largest absolute Gasteiger partial charge is 0.507 e. The second-order valence-corrected chi connectivity index (χ2v) is 3.72. The second kappa shape index (κ2) is 2.59. The van der Waals surface area contributed by atoms with Crippen LogP contribution in [0.3, 0.4) is 0 Å². The van der Waals surface area contributed by atoms with Crippen molar-refractivity contribution >= 4 is 22.2 Å². The maximum atomic E-state index is 10.6. The predicted molar refractivity (Wildman–Crippen MR) is 48.6 cm³/mol. The van der Waals surface area contributed by atoms with Crippen LogP contribution in [-0.2, 0) is 12.8 Å². The molecular formula is C9H7BrO2. The molecule has 1 aromatic carbocycles. The average molecular weight is 227 g/mol. The molecule has 1 N–H and O–H groups in total. The van der Waals surface area contributed by atoms with Gasteiger partial charge in [0.1, 0.15) is 5.75 Å². The number of hydrogen-bond acceptors (Lipinski definition) is 2. The zero-order valence-corrected chi connectivity index (χ0v) is 7.89. The normalized spacial score (nSPS) is 13.4. The Kier molecular flexibility index (Phi) is 1.68. The fourth-order valence-corrected chi connectivity index (χ4v) is 2.16. The molecular weight excluding hydrogens is 220 g/mol. The van der Waals surface area contributed by atoms with Crippen LogP contribution in [0.25, 0.3) is 0 Å². The van der Waals surface area contributed by atoms with Gasteiger partial charge in [0.05, 0.1) is 5.56 Å². The first-order chi connectivity index (χ1) is 5.74. The molecule has 1 aromatic rings. The number of phenols is 1. The highest BCUT2D eigenvalue weighted by molar-refractivity contribution is 9.10. The van der Waals surface area contributed by atoms with Crippen LogP contribution in [0.1, 0.15) is 21.5 Å². The number of benzene rings is 1. The first-order valence-corrected chi connectivity index (χ1v) is 4.51. The lowest BCUT2D eigenvalue weighted by Crippen LogP contribution is -2.12. The number of aromatic hydroxyl groups is 1. The molecule has 0 bridgehead atoms. The van der Waals surface area contributed by atoms with E-state index in [0.717, 1.165) is 34.7 Å². The molecule has 0 fully saturated rings. The van der Waals surface area contributed by atoms with Crippen molar-refractivity contribution in [2.24, 2.45) is 0 Å². The summed E-state index contributed by atoms with van der Waals surface area (Å²) < 4.78 is 0.909. The SMILES string of the molecule is O=Cc1c(O)cc(Br)c2c1CC2. The molecule has 3 heteroatoms. The molecule has 0 saturated carbocycles. The van der Waals surface area contributed by atoms with Gasteiger partial charge in [-0.2, -0.15) is 0 Å². The maximum absolute atomic E-state index is 10.6. The van der Waals surface area contributed by atoms with Crippen molar-refractivity contribution in [1.29, 1.82) is 0 Å². The zero-order valence-electron chi connectivity index (χ0n) is 6.30. The van der Waals surface area contributed by atoms with E-state index in [0.29, 0.717) is 5.56 Å². The van der Waals surface area contributed by atoms with Gasteiger partial charge in [0, 0.05) is 4.47 Å². The lowest BCUT2D eigenvalue weighted by molar-refractivity contribution is 0.111. The molecule has 0 aliphatic heterocycles. The Labute approximate surface area is 78.3 Å². The number of aldehydes is 1. The monoisotopic (exact) mass is 226 g/mol. The van der Waals surface area contributed by atoms with Gasteiger partial charge in [-0.15, -0.1) is 0 Å². The quantitative estimate of drug-likeness (QED) is 0.745. The van der Waals surface area contributed by atoms with Crippen molar-refractivity contribution in [2.45, 2.75) is 12.8 Å². The van der Waals surface area contributed by atoms with E-state index >= 15 is 0 Å². The van der Waals surface area contributed by atoms with Crippen LogP contribution >= 0.6 is 15.9 Å². The van der Waals surface area contributed by atoms with Gasteiger partial charge >= 0.3 is 0 Å². The third-order valence-corrected chi connectivity index (χ3v) is 2.97. The van der Waals surface area contributed by atoms with E-state index in [1.54, 1.807) is 6.07 Å². The lowest BCUT2D eigenvalue weighted by Gasteiger charge is -2.22. The molecule has 0 unspecified atom stereocenters. The standard InChI is InChI=1S/C9H7BrO2/c10-8-3-9(12)7(4-11)5-1-2-6(5)8/h3-4,12H,1-2H2. The van der Waals surface area contributed by atoms with E-state index in [-0.39, 0.29) is 5.75 Å². The van der Waals surface area contributed by atoms with Gasteiger partial charge in [0.15, 0.2) is 6.29 Å². The molecule has 2 rings (SSSR count). The number of carbonyl (C=O) groups is 1. The van der Waals surface area contributed by atoms with Crippen LogP contribution < -0.4 is 0 Å². The molecule has 1 aliphatic rings. The van der Waals surface area contributed by atoms with Crippen molar-refractivity contribution in [3.05, 3.63) is 27.2 Å². The Morgan fingerprint density at radius 1 is 1.42 bits per heavy atom. The average Bonchev–Trinajstić information content (AvgIpc) is 1.94. The zero-order chi connectivity index (χ0) is 8.72. The summed E-state index contributed by atoms with van der Waals surface area (Å²) in [6.07, 6.45) is 2.62. The fraction of sp³-hybridized carbons (Fsp3) is 0.222. The summed E-state index contributed by atoms with van der Waals surface area (Å²) >= 11 is 3.34. The van der Waals surface area contributed by atoms with E-state index in [1.807, 2.05) is 0 Å². The van der Waals surface area contributed by atoms with Crippen molar-refractivity contribution in [1.82, 2.24) is 0 Å². The van der Waals surface area contributed by atoms with Crippen molar-refractivity contribution in [3.63, 3.8) is 0 Å². The van der Waals surface area contributed by atoms with Gasteiger partial charge in [-0.05, 0) is 30.0 Å². The molecule has 0 amide bonds. The van der Waals surface area contributed by atoms with Crippen LogP contribution in [0, 0.1) is 0 Å². The molecule has 0 heterocycles. The van der Waals surface area contributed by atoms with Gasteiger partial charge in [0.2, 0.25) is 0 Å². The summed E-state index contributed by atoms with van der Waals surface area (Å²) in [5.41, 5.74) is 2.62. The molecule has 62 valence electrons. The molecule has 0 saturated heterocycles. The Hall–Kier alpha value is -0.830.